The molecule has 2 aromatic rings. The van der Waals surface area contributed by atoms with Gasteiger partial charge in [0.1, 0.15) is 4.88 Å². The van der Waals surface area contributed by atoms with Gasteiger partial charge in [0.15, 0.2) is 4.21 Å². The number of hydrogen-bond donors (Lipinski definition) is 2. The van der Waals surface area contributed by atoms with E-state index in [1.54, 1.807) is 4.90 Å². The fraction of sp³-hybridized carbons (Fsp3) is 0.353. The van der Waals surface area contributed by atoms with Gasteiger partial charge in [-0.2, -0.15) is 15.6 Å². The first-order valence-electron chi connectivity index (χ1n) is 8.52. The van der Waals surface area contributed by atoms with Crippen molar-refractivity contribution in [1.29, 1.82) is 0 Å². The highest BCUT2D eigenvalue weighted by atomic mass is 32.2. The van der Waals surface area contributed by atoms with Gasteiger partial charge in [0.25, 0.3) is 10.0 Å². The molecule has 156 valence electrons. The van der Waals surface area contributed by atoms with Gasteiger partial charge in [-0.1, -0.05) is 0 Å². The second-order valence-corrected chi connectivity index (χ2v) is 10.4. The molecule has 0 atom stereocenters. The number of carbonyl (C=O) groups excluding carboxylic acids is 1. The molecule has 2 aromatic heterocycles. The van der Waals surface area contributed by atoms with Gasteiger partial charge in [-0.15, -0.1) is 11.3 Å². The highest BCUT2D eigenvalue weighted by molar-refractivity contribution is 7.91. The number of hydrogen-bond acceptors (Lipinski definition) is 7. The largest absolute Gasteiger partial charge is 0.478 e. The van der Waals surface area contributed by atoms with E-state index >= 15 is 0 Å². The molecule has 1 saturated heterocycles. The minimum atomic E-state index is -4.20. The molecule has 0 spiro atoms. The Balaban J connectivity index is 1.78. The number of thiophene rings is 2. The van der Waals surface area contributed by atoms with Crippen LogP contribution in [0.3, 0.4) is 0 Å². The number of carbonyl (C=O) groups is 3. The van der Waals surface area contributed by atoms with E-state index in [1.807, 2.05) is 16.8 Å². The molecule has 0 aromatic carbocycles. The van der Waals surface area contributed by atoms with Crippen LogP contribution >= 0.6 is 22.7 Å². The quantitative estimate of drug-likeness (QED) is 0.672. The highest BCUT2D eigenvalue weighted by Gasteiger charge is 2.37. The summed E-state index contributed by atoms with van der Waals surface area (Å²) in [7, 11) is -4.20. The van der Waals surface area contributed by atoms with E-state index in [2.05, 4.69) is 0 Å². The Morgan fingerprint density at radius 3 is 2.28 bits per heavy atom. The first-order chi connectivity index (χ1) is 13.6. The molecule has 3 rings (SSSR count). The van der Waals surface area contributed by atoms with Crippen LogP contribution in [0.2, 0.25) is 0 Å². The maximum Gasteiger partial charge on any atom is 0.346 e. The van der Waals surface area contributed by atoms with E-state index < -0.39 is 31.7 Å². The molecule has 3 heterocycles. The molecule has 9 nitrogen and oxygen atoms in total. The SMILES string of the molecule is Cc1c(C(=O)O)sc(S(=O)(=O)N2CCN(C(=O)Cc3ccsc3)CC2)c1C(=O)O. The summed E-state index contributed by atoms with van der Waals surface area (Å²) in [5.74, 6) is -2.97. The predicted molar refractivity (Wildman–Crippen MR) is 106 cm³/mol. The van der Waals surface area contributed by atoms with Crippen molar-refractivity contribution in [1.82, 2.24) is 9.21 Å². The number of piperazine rings is 1. The van der Waals surface area contributed by atoms with Crippen LogP contribution in [0.1, 0.15) is 31.2 Å². The van der Waals surface area contributed by atoms with Gasteiger partial charge in [0, 0.05) is 26.2 Å². The molecule has 1 aliphatic heterocycles. The monoisotopic (exact) mass is 458 g/mol. The summed E-state index contributed by atoms with van der Waals surface area (Å²) in [6.07, 6.45) is 0.242. The number of rotatable bonds is 6. The lowest BCUT2D eigenvalue weighted by atomic mass is 10.2. The van der Waals surface area contributed by atoms with Gasteiger partial charge >= 0.3 is 11.9 Å². The zero-order valence-corrected chi connectivity index (χ0v) is 17.8. The Hall–Kier alpha value is -2.28. The van der Waals surface area contributed by atoms with Crippen LogP contribution in [0, 0.1) is 6.92 Å². The lowest BCUT2D eigenvalue weighted by molar-refractivity contribution is -0.131. The van der Waals surface area contributed by atoms with Gasteiger partial charge in [-0.25, -0.2) is 18.0 Å². The second-order valence-electron chi connectivity index (χ2n) is 6.42. The van der Waals surface area contributed by atoms with Gasteiger partial charge in [-0.05, 0) is 34.9 Å². The molecule has 1 amide bonds. The number of amides is 1. The van der Waals surface area contributed by atoms with Crippen molar-refractivity contribution in [2.24, 2.45) is 0 Å². The van der Waals surface area contributed by atoms with Gasteiger partial charge in [0.05, 0.1) is 12.0 Å². The Kier molecular flexibility index (Phi) is 6.08. The predicted octanol–water partition coefficient (Wildman–Crippen LogP) is 1.59. The van der Waals surface area contributed by atoms with Crippen molar-refractivity contribution in [3.05, 3.63) is 38.4 Å². The molecule has 12 heteroatoms. The summed E-state index contributed by atoms with van der Waals surface area (Å²) >= 11 is 1.94. The lowest BCUT2D eigenvalue weighted by Gasteiger charge is -2.33. The van der Waals surface area contributed by atoms with Crippen LogP contribution < -0.4 is 0 Å². The third-order valence-electron chi connectivity index (χ3n) is 4.62. The summed E-state index contributed by atoms with van der Waals surface area (Å²) in [6.45, 7) is 1.66. The molecule has 1 fully saturated rings. The van der Waals surface area contributed by atoms with E-state index in [4.69, 9.17) is 0 Å². The Bertz CT molecular complexity index is 1050. The third-order valence-corrected chi connectivity index (χ3v) is 9.03. The molecule has 0 radical (unpaired) electrons. The topological polar surface area (TPSA) is 132 Å². The van der Waals surface area contributed by atoms with E-state index in [1.165, 1.54) is 18.3 Å². The fourth-order valence-corrected chi connectivity index (χ4v) is 7.00. The minimum Gasteiger partial charge on any atom is -0.478 e. The summed E-state index contributed by atoms with van der Waals surface area (Å²) < 4.78 is 26.6. The Morgan fingerprint density at radius 2 is 1.76 bits per heavy atom. The number of carboxylic acid groups (broad SMARTS) is 2. The molecule has 0 aliphatic carbocycles. The van der Waals surface area contributed by atoms with Gasteiger partial charge in [-0.3, -0.25) is 4.79 Å². The van der Waals surface area contributed by atoms with E-state index in [-0.39, 0.29) is 48.9 Å². The van der Waals surface area contributed by atoms with E-state index in [0.717, 1.165) is 9.87 Å². The summed E-state index contributed by atoms with van der Waals surface area (Å²) in [5, 5.41) is 22.4. The molecular weight excluding hydrogens is 440 g/mol. The molecular formula is C17H18N2O7S3. The average Bonchev–Trinajstić information content (AvgIpc) is 3.29. The van der Waals surface area contributed by atoms with Crippen molar-refractivity contribution in [3.8, 4) is 0 Å². The first kappa shape index (κ1) is 21.4. The summed E-state index contributed by atoms with van der Waals surface area (Å²) in [5.41, 5.74) is 0.304. The van der Waals surface area contributed by atoms with E-state index in [9.17, 15) is 33.0 Å². The number of carboxylic acids is 2. The Morgan fingerprint density at radius 1 is 1.10 bits per heavy atom. The van der Waals surface area contributed by atoms with Crippen molar-refractivity contribution < 1.29 is 33.0 Å². The number of aromatic carboxylic acids is 2. The van der Waals surface area contributed by atoms with Crippen molar-refractivity contribution in [2.75, 3.05) is 26.2 Å². The van der Waals surface area contributed by atoms with Crippen LogP contribution in [-0.4, -0.2) is 71.9 Å². The van der Waals surface area contributed by atoms with Crippen LogP contribution in [-0.2, 0) is 21.2 Å². The zero-order chi connectivity index (χ0) is 21.3. The molecule has 0 unspecified atom stereocenters. The van der Waals surface area contributed by atoms with Crippen molar-refractivity contribution >= 4 is 50.5 Å². The molecule has 0 bridgehead atoms. The van der Waals surface area contributed by atoms with Crippen LogP contribution in [0.4, 0.5) is 0 Å². The standard InChI is InChI=1S/C17H18N2O7S3/c1-10-13(15(21)22)17(28-14(10)16(23)24)29(25,26)19-5-3-18(4-6-19)12(20)8-11-2-7-27-9-11/h2,7,9H,3-6,8H2,1H3,(H,21,22)(H,23,24). The van der Waals surface area contributed by atoms with Crippen LogP contribution in [0.5, 0.6) is 0 Å². The maximum absolute atomic E-state index is 13.0. The van der Waals surface area contributed by atoms with Crippen molar-refractivity contribution in [2.45, 2.75) is 17.6 Å². The minimum absolute atomic E-state index is 0.0100. The molecule has 1 aliphatic rings. The molecule has 0 saturated carbocycles. The van der Waals surface area contributed by atoms with Gasteiger partial charge in [0.2, 0.25) is 5.91 Å². The molecule has 29 heavy (non-hydrogen) atoms. The van der Waals surface area contributed by atoms with Crippen LogP contribution in [0.25, 0.3) is 0 Å². The normalized spacial score (nSPS) is 15.4. The van der Waals surface area contributed by atoms with E-state index in [0.29, 0.717) is 11.3 Å². The van der Waals surface area contributed by atoms with Gasteiger partial charge < -0.3 is 15.1 Å². The smallest absolute Gasteiger partial charge is 0.346 e. The van der Waals surface area contributed by atoms with Crippen LogP contribution in [0.15, 0.2) is 21.0 Å². The average molecular weight is 459 g/mol. The van der Waals surface area contributed by atoms with Crippen molar-refractivity contribution in [3.63, 3.8) is 0 Å². The second kappa shape index (κ2) is 8.22. The third kappa shape index (κ3) is 4.20. The zero-order valence-electron chi connectivity index (χ0n) is 15.3. The highest BCUT2D eigenvalue weighted by Crippen LogP contribution is 2.34. The number of sulfonamides is 1. The summed E-state index contributed by atoms with van der Waals surface area (Å²) in [4.78, 5) is 36.5. The lowest BCUT2D eigenvalue weighted by Crippen LogP contribution is -2.50. The molecule has 2 N–H and O–H groups in total. The maximum atomic E-state index is 13.0. The first-order valence-corrected chi connectivity index (χ1v) is 11.7. The summed E-state index contributed by atoms with van der Waals surface area (Å²) in [6, 6.07) is 1.86. The number of nitrogens with zero attached hydrogens (tertiary/aromatic N) is 2. The fourth-order valence-electron chi connectivity index (χ4n) is 3.10. The Labute approximate surface area is 174 Å².